The number of nitrogens with one attached hydrogen (secondary N) is 3. The van der Waals surface area contributed by atoms with Crippen molar-refractivity contribution >= 4 is 46.2 Å². The van der Waals surface area contributed by atoms with Gasteiger partial charge in [-0.25, -0.2) is 0 Å². The molecule has 0 radical (unpaired) electrons. The minimum atomic E-state index is -0.299. The van der Waals surface area contributed by atoms with Crippen molar-refractivity contribution in [2.24, 2.45) is 0 Å². The van der Waals surface area contributed by atoms with E-state index in [0.29, 0.717) is 29.1 Å². The summed E-state index contributed by atoms with van der Waals surface area (Å²) in [5, 5.41) is 18.8. The van der Waals surface area contributed by atoms with Crippen LogP contribution in [-0.4, -0.2) is 35.2 Å². The molecule has 0 atom stereocenters. The molecule has 0 aliphatic rings. The predicted molar refractivity (Wildman–Crippen MR) is 98.5 cm³/mol. The smallest absolute Gasteiger partial charge is 0.267 e. The van der Waals surface area contributed by atoms with Gasteiger partial charge in [0.2, 0.25) is 0 Å². The van der Waals surface area contributed by atoms with Crippen LogP contribution in [0, 0.1) is 0 Å². The summed E-state index contributed by atoms with van der Waals surface area (Å²) in [7, 11) is 0. The summed E-state index contributed by atoms with van der Waals surface area (Å²) in [6.45, 7) is 0.391. The Morgan fingerprint density at radius 2 is 1.92 bits per heavy atom. The van der Waals surface area contributed by atoms with Gasteiger partial charge in [-0.05, 0) is 42.2 Å². The molecule has 0 saturated carbocycles. The molecule has 8 heteroatoms. The van der Waals surface area contributed by atoms with Gasteiger partial charge < -0.3 is 15.7 Å². The maximum Gasteiger partial charge on any atom is 0.267 e. The molecule has 4 N–H and O–H groups in total. The molecule has 1 aromatic carbocycles. The molecule has 2 aromatic rings. The van der Waals surface area contributed by atoms with Gasteiger partial charge in [-0.3, -0.25) is 14.9 Å². The van der Waals surface area contributed by atoms with Crippen LogP contribution < -0.4 is 16.0 Å². The van der Waals surface area contributed by atoms with Crippen molar-refractivity contribution in [1.29, 1.82) is 0 Å². The molecule has 2 amide bonds. The average Bonchev–Trinajstić information content (AvgIpc) is 3.10. The summed E-state index contributed by atoms with van der Waals surface area (Å²) in [5.41, 5.74) is 0.902. The summed E-state index contributed by atoms with van der Waals surface area (Å²) in [5.74, 6) is -0.577. The van der Waals surface area contributed by atoms with E-state index in [2.05, 4.69) is 16.0 Å². The highest BCUT2D eigenvalue weighted by Gasteiger charge is 2.13. The normalized spacial score (nSPS) is 10.0. The second-order valence-electron chi connectivity index (χ2n) is 4.76. The molecule has 0 spiro atoms. The Morgan fingerprint density at radius 1 is 1.12 bits per heavy atom. The van der Waals surface area contributed by atoms with E-state index in [9.17, 15) is 9.59 Å². The maximum atomic E-state index is 12.2. The van der Waals surface area contributed by atoms with Crippen LogP contribution in [0.2, 0.25) is 0 Å². The average molecular weight is 363 g/mol. The van der Waals surface area contributed by atoms with E-state index in [0.717, 1.165) is 0 Å². The molecule has 1 heterocycles. The fourth-order valence-electron chi connectivity index (χ4n) is 1.89. The van der Waals surface area contributed by atoms with Crippen molar-refractivity contribution in [2.75, 3.05) is 18.5 Å². The third-order valence-corrected chi connectivity index (χ3v) is 4.09. The number of aliphatic hydroxyl groups is 1. The van der Waals surface area contributed by atoms with Gasteiger partial charge in [0.05, 0.1) is 16.1 Å². The minimum Gasteiger partial charge on any atom is -0.396 e. The lowest BCUT2D eigenvalue weighted by molar-refractivity contribution is 0.0950. The number of carbonyl (C=O) groups is 2. The van der Waals surface area contributed by atoms with Crippen molar-refractivity contribution in [3.8, 4) is 0 Å². The van der Waals surface area contributed by atoms with E-state index in [-0.39, 0.29) is 23.5 Å². The first-order chi connectivity index (χ1) is 11.6. The van der Waals surface area contributed by atoms with Crippen LogP contribution >= 0.6 is 23.6 Å². The SMILES string of the molecule is O=C(NC(=S)Nc1ccccc1C(=O)NCCCO)c1cccs1. The summed E-state index contributed by atoms with van der Waals surface area (Å²) >= 11 is 6.45. The van der Waals surface area contributed by atoms with Crippen LogP contribution in [0.4, 0.5) is 5.69 Å². The molecule has 0 saturated heterocycles. The molecule has 0 aliphatic carbocycles. The lowest BCUT2D eigenvalue weighted by Gasteiger charge is -2.13. The van der Waals surface area contributed by atoms with Crippen molar-refractivity contribution in [2.45, 2.75) is 6.42 Å². The molecular formula is C16H17N3O3S2. The highest BCUT2D eigenvalue weighted by Crippen LogP contribution is 2.15. The van der Waals surface area contributed by atoms with Crippen LogP contribution in [0.15, 0.2) is 41.8 Å². The Kier molecular flexibility index (Phi) is 6.86. The summed E-state index contributed by atoms with van der Waals surface area (Å²) in [4.78, 5) is 24.7. The number of thiophene rings is 1. The monoisotopic (exact) mass is 363 g/mol. The first-order valence-corrected chi connectivity index (χ1v) is 8.54. The van der Waals surface area contributed by atoms with E-state index in [1.54, 1.807) is 41.8 Å². The maximum absolute atomic E-state index is 12.2. The van der Waals surface area contributed by atoms with Crippen LogP contribution in [0.25, 0.3) is 0 Å². The van der Waals surface area contributed by atoms with Crippen LogP contribution in [0.1, 0.15) is 26.5 Å². The first kappa shape index (κ1) is 18.1. The van der Waals surface area contributed by atoms with E-state index >= 15 is 0 Å². The summed E-state index contributed by atoms with van der Waals surface area (Å²) in [6, 6.07) is 10.3. The van der Waals surface area contributed by atoms with Gasteiger partial charge in [-0.1, -0.05) is 18.2 Å². The quantitative estimate of drug-likeness (QED) is 0.465. The summed E-state index contributed by atoms with van der Waals surface area (Å²) in [6.07, 6.45) is 0.483. The van der Waals surface area contributed by atoms with Gasteiger partial charge in [0.15, 0.2) is 5.11 Å². The zero-order chi connectivity index (χ0) is 17.4. The largest absolute Gasteiger partial charge is 0.396 e. The molecule has 126 valence electrons. The van der Waals surface area contributed by atoms with E-state index in [1.165, 1.54) is 11.3 Å². The number of anilines is 1. The predicted octanol–water partition coefficient (Wildman–Crippen LogP) is 1.99. The molecule has 2 rings (SSSR count). The van der Waals surface area contributed by atoms with Crippen LogP contribution in [-0.2, 0) is 0 Å². The minimum absolute atomic E-state index is 0.0129. The molecule has 0 unspecified atom stereocenters. The van der Waals surface area contributed by atoms with Gasteiger partial charge in [-0.15, -0.1) is 11.3 Å². The molecule has 24 heavy (non-hydrogen) atoms. The number of carbonyl (C=O) groups excluding carboxylic acids is 2. The number of aliphatic hydroxyl groups excluding tert-OH is 1. The van der Waals surface area contributed by atoms with E-state index < -0.39 is 0 Å². The fraction of sp³-hybridized carbons (Fsp3) is 0.188. The van der Waals surface area contributed by atoms with Gasteiger partial charge in [0.25, 0.3) is 11.8 Å². The van der Waals surface area contributed by atoms with Crippen molar-refractivity contribution < 1.29 is 14.7 Å². The zero-order valence-corrected chi connectivity index (χ0v) is 14.4. The third kappa shape index (κ3) is 5.12. The van der Waals surface area contributed by atoms with Crippen molar-refractivity contribution in [3.63, 3.8) is 0 Å². The van der Waals surface area contributed by atoms with Crippen LogP contribution in [0.3, 0.4) is 0 Å². The molecular weight excluding hydrogens is 346 g/mol. The Bertz CT molecular complexity index is 717. The number of amides is 2. The van der Waals surface area contributed by atoms with Gasteiger partial charge in [0.1, 0.15) is 0 Å². The molecule has 0 fully saturated rings. The second-order valence-corrected chi connectivity index (χ2v) is 6.12. The molecule has 0 bridgehead atoms. The van der Waals surface area contributed by atoms with Crippen LogP contribution in [0.5, 0.6) is 0 Å². The lowest BCUT2D eigenvalue weighted by atomic mass is 10.1. The standard InChI is InChI=1S/C16H17N3O3S2/c20-9-4-8-17-14(21)11-5-1-2-6-12(11)18-16(23)19-15(22)13-7-3-10-24-13/h1-3,5-7,10,20H,4,8-9H2,(H,17,21)(H2,18,19,22,23). The highest BCUT2D eigenvalue weighted by atomic mass is 32.1. The van der Waals surface area contributed by atoms with Crippen molar-refractivity contribution in [1.82, 2.24) is 10.6 Å². The van der Waals surface area contributed by atoms with Gasteiger partial charge >= 0.3 is 0 Å². The zero-order valence-electron chi connectivity index (χ0n) is 12.7. The topological polar surface area (TPSA) is 90.5 Å². The first-order valence-electron chi connectivity index (χ1n) is 7.25. The number of thiocarbonyl (C=S) groups is 1. The number of para-hydroxylation sites is 1. The Labute approximate surface area is 148 Å². The number of benzene rings is 1. The van der Waals surface area contributed by atoms with Crippen molar-refractivity contribution in [3.05, 3.63) is 52.2 Å². The van der Waals surface area contributed by atoms with E-state index in [4.69, 9.17) is 17.3 Å². The Balaban J connectivity index is 2.00. The second kappa shape index (κ2) is 9.11. The number of hydrogen-bond acceptors (Lipinski definition) is 5. The van der Waals surface area contributed by atoms with Gasteiger partial charge in [0, 0.05) is 13.2 Å². The summed E-state index contributed by atoms with van der Waals surface area (Å²) < 4.78 is 0. The molecule has 6 nitrogen and oxygen atoms in total. The lowest BCUT2D eigenvalue weighted by Crippen LogP contribution is -2.34. The number of rotatable bonds is 6. The number of hydrogen-bond donors (Lipinski definition) is 4. The highest BCUT2D eigenvalue weighted by molar-refractivity contribution is 7.80. The van der Waals surface area contributed by atoms with E-state index in [1.807, 2.05) is 0 Å². The third-order valence-electron chi connectivity index (χ3n) is 3.01. The fourth-order valence-corrected chi connectivity index (χ4v) is 2.71. The van der Waals surface area contributed by atoms with Gasteiger partial charge in [-0.2, -0.15) is 0 Å². The molecule has 1 aromatic heterocycles. The Morgan fingerprint density at radius 3 is 2.62 bits per heavy atom. The Hall–Kier alpha value is -2.29. The molecule has 0 aliphatic heterocycles.